The first-order chi connectivity index (χ1) is 14.5. The van der Waals surface area contributed by atoms with Crippen molar-refractivity contribution in [1.29, 1.82) is 0 Å². The standard InChI is InChI=1S/C23H25N3O3S/c1-3-26(17-8-5-4-6-9-17)30(27,28)18-12-15-23(24-16-18)25-21-14-13-20-19(21)10-7-11-22(20)29-2/h4-12,15-16,21H,3,13-14H2,1-2H3,(H,24,25). The summed E-state index contributed by atoms with van der Waals surface area (Å²) in [7, 11) is -1.99. The molecule has 3 aromatic rings. The minimum atomic E-state index is -3.68. The molecule has 1 heterocycles. The summed E-state index contributed by atoms with van der Waals surface area (Å²) in [5.74, 6) is 1.56. The lowest BCUT2D eigenvalue weighted by molar-refractivity contribution is 0.410. The predicted molar refractivity (Wildman–Crippen MR) is 119 cm³/mol. The number of methoxy groups -OCH3 is 1. The zero-order chi connectivity index (χ0) is 21.1. The fourth-order valence-corrected chi connectivity index (χ4v) is 5.39. The van der Waals surface area contributed by atoms with Gasteiger partial charge in [-0.2, -0.15) is 0 Å². The van der Waals surface area contributed by atoms with E-state index in [9.17, 15) is 8.42 Å². The highest BCUT2D eigenvalue weighted by atomic mass is 32.2. The molecule has 1 atom stereocenters. The predicted octanol–water partition coefficient (Wildman–Crippen LogP) is 4.40. The molecule has 2 aromatic carbocycles. The summed E-state index contributed by atoms with van der Waals surface area (Å²) in [5.41, 5.74) is 3.06. The van der Waals surface area contributed by atoms with Gasteiger partial charge in [-0.15, -0.1) is 0 Å². The molecule has 0 bridgehead atoms. The Kier molecular flexibility index (Phi) is 5.63. The topological polar surface area (TPSA) is 71.5 Å². The van der Waals surface area contributed by atoms with Crippen LogP contribution in [0.1, 0.15) is 30.5 Å². The number of aromatic nitrogens is 1. The van der Waals surface area contributed by atoms with Crippen LogP contribution in [0.2, 0.25) is 0 Å². The van der Waals surface area contributed by atoms with Crippen molar-refractivity contribution in [2.24, 2.45) is 0 Å². The maximum Gasteiger partial charge on any atom is 0.265 e. The molecule has 0 saturated heterocycles. The molecule has 7 heteroatoms. The maximum atomic E-state index is 13.1. The number of hydrogen-bond acceptors (Lipinski definition) is 5. The summed E-state index contributed by atoms with van der Waals surface area (Å²) in [6, 6.07) is 18.6. The van der Waals surface area contributed by atoms with Gasteiger partial charge in [0.15, 0.2) is 0 Å². The lowest BCUT2D eigenvalue weighted by atomic mass is 10.1. The Bertz CT molecular complexity index is 1120. The molecular formula is C23H25N3O3S. The highest BCUT2D eigenvalue weighted by Gasteiger charge is 2.26. The maximum absolute atomic E-state index is 13.1. The van der Waals surface area contributed by atoms with Crippen molar-refractivity contribution in [3.05, 3.63) is 78.0 Å². The van der Waals surface area contributed by atoms with Gasteiger partial charge in [-0.3, -0.25) is 4.31 Å². The van der Waals surface area contributed by atoms with Crippen LogP contribution in [0, 0.1) is 0 Å². The molecule has 156 valence electrons. The fraction of sp³-hybridized carbons (Fsp3) is 0.261. The van der Waals surface area contributed by atoms with Crippen LogP contribution >= 0.6 is 0 Å². The zero-order valence-corrected chi connectivity index (χ0v) is 17.9. The van der Waals surface area contributed by atoms with Crippen molar-refractivity contribution in [3.8, 4) is 5.75 Å². The van der Waals surface area contributed by atoms with Gasteiger partial charge >= 0.3 is 0 Å². The number of rotatable bonds is 7. The lowest BCUT2D eigenvalue weighted by Crippen LogP contribution is -2.30. The molecule has 0 spiro atoms. The van der Waals surface area contributed by atoms with E-state index in [4.69, 9.17) is 4.74 Å². The molecule has 1 aromatic heterocycles. The summed E-state index contributed by atoms with van der Waals surface area (Å²) in [4.78, 5) is 4.56. The van der Waals surface area contributed by atoms with E-state index in [1.807, 2.05) is 37.3 Å². The first-order valence-corrected chi connectivity index (χ1v) is 11.4. The second kappa shape index (κ2) is 8.36. The smallest absolute Gasteiger partial charge is 0.265 e. The third kappa shape index (κ3) is 3.73. The number of benzene rings is 2. The molecule has 6 nitrogen and oxygen atoms in total. The van der Waals surface area contributed by atoms with Crippen molar-refractivity contribution in [2.45, 2.75) is 30.7 Å². The van der Waals surface area contributed by atoms with Crippen LogP contribution in [-0.4, -0.2) is 27.1 Å². The third-order valence-corrected chi connectivity index (χ3v) is 7.31. The first-order valence-electron chi connectivity index (χ1n) is 10.0. The van der Waals surface area contributed by atoms with Crippen LogP contribution in [0.5, 0.6) is 5.75 Å². The van der Waals surface area contributed by atoms with Crippen molar-refractivity contribution >= 4 is 21.5 Å². The molecular weight excluding hydrogens is 398 g/mol. The second-order valence-electron chi connectivity index (χ2n) is 7.15. The Hall–Kier alpha value is -3.06. The molecule has 1 N–H and O–H groups in total. The highest BCUT2D eigenvalue weighted by Crippen LogP contribution is 2.38. The largest absolute Gasteiger partial charge is 0.496 e. The molecule has 0 amide bonds. The van der Waals surface area contributed by atoms with Gasteiger partial charge in [-0.05, 0) is 61.2 Å². The molecule has 0 saturated carbocycles. The second-order valence-corrected chi connectivity index (χ2v) is 9.01. The molecule has 1 aliphatic carbocycles. The van der Waals surface area contributed by atoms with Gasteiger partial charge in [0.05, 0.1) is 18.8 Å². The molecule has 0 radical (unpaired) electrons. The Labute approximate surface area is 177 Å². The van der Waals surface area contributed by atoms with Crippen molar-refractivity contribution in [3.63, 3.8) is 0 Å². The number of para-hydroxylation sites is 1. The lowest BCUT2D eigenvalue weighted by Gasteiger charge is -2.23. The van der Waals surface area contributed by atoms with E-state index in [0.29, 0.717) is 18.1 Å². The molecule has 30 heavy (non-hydrogen) atoms. The van der Waals surface area contributed by atoms with Gasteiger partial charge in [0.1, 0.15) is 16.5 Å². The van der Waals surface area contributed by atoms with Gasteiger partial charge in [0.25, 0.3) is 10.0 Å². The summed E-state index contributed by atoms with van der Waals surface area (Å²) in [6.45, 7) is 2.16. The first kappa shape index (κ1) is 20.2. The Morgan fingerprint density at radius 3 is 2.57 bits per heavy atom. The molecule has 1 unspecified atom stereocenters. The quantitative estimate of drug-likeness (QED) is 0.610. The summed E-state index contributed by atoms with van der Waals surface area (Å²) in [5, 5.41) is 3.43. The van der Waals surface area contributed by atoms with Crippen LogP contribution in [0.3, 0.4) is 0 Å². The van der Waals surface area contributed by atoms with E-state index in [1.54, 1.807) is 31.4 Å². The molecule has 0 aliphatic heterocycles. The number of nitrogens with one attached hydrogen (secondary N) is 1. The Morgan fingerprint density at radius 2 is 1.90 bits per heavy atom. The van der Waals surface area contributed by atoms with E-state index in [0.717, 1.165) is 18.6 Å². The normalized spacial score (nSPS) is 15.5. The van der Waals surface area contributed by atoms with E-state index in [1.165, 1.54) is 21.6 Å². The van der Waals surface area contributed by atoms with E-state index < -0.39 is 10.0 Å². The number of sulfonamides is 1. The van der Waals surface area contributed by atoms with Gasteiger partial charge < -0.3 is 10.1 Å². The molecule has 0 fully saturated rings. The Morgan fingerprint density at radius 1 is 1.10 bits per heavy atom. The highest BCUT2D eigenvalue weighted by molar-refractivity contribution is 7.92. The van der Waals surface area contributed by atoms with Crippen LogP contribution in [-0.2, 0) is 16.4 Å². The van der Waals surface area contributed by atoms with E-state index in [2.05, 4.69) is 16.4 Å². The van der Waals surface area contributed by atoms with E-state index in [-0.39, 0.29) is 10.9 Å². The molecule has 1 aliphatic rings. The average Bonchev–Trinajstić information content (AvgIpc) is 3.18. The summed E-state index contributed by atoms with van der Waals surface area (Å²) >= 11 is 0. The number of ether oxygens (including phenoxy) is 1. The summed E-state index contributed by atoms with van der Waals surface area (Å²) < 4.78 is 33.1. The Balaban J connectivity index is 1.54. The van der Waals surface area contributed by atoms with Crippen LogP contribution in [0.15, 0.2) is 71.8 Å². The fourth-order valence-electron chi connectivity index (χ4n) is 3.97. The van der Waals surface area contributed by atoms with Crippen molar-refractivity contribution < 1.29 is 13.2 Å². The SMILES string of the molecule is CCN(c1ccccc1)S(=O)(=O)c1ccc(NC2CCc3c(OC)cccc32)nc1. The van der Waals surface area contributed by atoms with Gasteiger partial charge in [0.2, 0.25) is 0 Å². The minimum Gasteiger partial charge on any atom is -0.496 e. The van der Waals surface area contributed by atoms with Crippen molar-refractivity contribution in [2.75, 3.05) is 23.3 Å². The minimum absolute atomic E-state index is 0.126. The zero-order valence-electron chi connectivity index (χ0n) is 17.1. The summed E-state index contributed by atoms with van der Waals surface area (Å²) in [6.07, 6.45) is 3.30. The number of pyridine rings is 1. The van der Waals surface area contributed by atoms with Crippen molar-refractivity contribution in [1.82, 2.24) is 4.98 Å². The third-order valence-electron chi connectivity index (χ3n) is 5.43. The van der Waals surface area contributed by atoms with Crippen LogP contribution in [0.25, 0.3) is 0 Å². The van der Waals surface area contributed by atoms with Gasteiger partial charge in [-0.1, -0.05) is 30.3 Å². The van der Waals surface area contributed by atoms with Gasteiger partial charge in [-0.25, -0.2) is 13.4 Å². The monoisotopic (exact) mass is 423 g/mol. The average molecular weight is 424 g/mol. The number of anilines is 2. The number of hydrogen-bond donors (Lipinski definition) is 1. The van der Waals surface area contributed by atoms with E-state index >= 15 is 0 Å². The number of nitrogens with zero attached hydrogens (tertiary/aromatic N) is 2. The van der Waals surface area contributed by atoms with Gasteiger partial charge in [0, 0.05) is 12.7 Å². The van der Waals surface area contributed by atoms with Crippen LogP contribution < -0.4 is 14.4 Å². The number of fused-ring (bicyclic) bond motifs is 1. The molecule has 4 rings (SSSR count). The van der Waals surface area contributed by atoms with Crippen LogP contribution in [0.4, 0.5) is 11.5 Å².